The largest absolute Gasteiger partial charge is 0.480 e. The van der Waals surface area contributed by atoms with E-state index >= 15 is 0 Å². The molecule has 20 heavy (non-hydrogen) atoms. The zero-order valence-electron chi connectivity index (χ0n) is 12.1. The molecule has 2 aliphatic rings. The molecule has 0 aromatic carbocycles. The van der Waals surface area contributed by atoms with E-state index in [0.717, 1.165) is 0 Å². The lowest BCUT2D eigenvalue weighted by Gasteiger charge is -2.31. The summed E-state index contributed by atoms with van der Waals surface area (Å²) in [4.78, 5) is 12.7. The first kappa shape index (κ1) is 15.7. The maximum Gasteiger partial charge on any atom is 0.321 e. The fourth-order valence-corrected chi connectivity index (χ4v) is 2.22. The van der Waals surface area contributed by atoms with Gasteiger partial charge in [0.15, 0.2) is 0 Å². The van der Waals surface area contributed by atoms with Crippen LogP contribution in [0.15, 0.2) is 0 Å². The summed E-state index contributed by atoms with van der Waals surface area (Å²) in [7, 11) is 0. The fraction of sp³-hybridized carbons (Fsp3) is 0.923. The molecule has 2 N–H and O–H groups in total. The van der Waals surface area contributed by atoms with E-state index in [1.165, 1.54) is 4.90 Å². The molecule has 0 aromatic rings. The molecule has 7 nitrogen and oxygen atoms in total. The summed E-state index contributed by atoms with van der Waals surface area (Å²) in [6.07, 6.45) is -0.990. The zero-order chi connectivity index (χ0) is 14.9. The lowest BCUT2D eigenvalue weighted by atomic mass is 10.2. The number of ether oxygens (including phenoxy) is 3. The Kier molecular flexibility index (Phi) is 4.66. The summed E-state index contributed by atoms with van der Waals surface area (Å²) in [6, 6.07) is -0.794. The normalized spacial score (nSPS) is 32.3. The second kappa shape index (κ2) is 5.95. The van der Waals surface area contributed by atoms with Gasteiger partial charge in [0.25, 0.3) is 0 Å². The van der Waals surface area contributed by atoms with Crippen LogP contribution in [0.4, 0.5) is 0 Å². The first-order chi connectivity index (χ1) is 9.26. The van der Waals surface area contributed by atoms with Crippen molar-refractivity contribution in [1.82, 2.24) is 4.90 Å². The van der Waals surface area contributed by atoms with Crippen molar-refractivity contribution in [2.24, 2.45) is 0 Å². The van der Waals surface area contributed by atoms with Crippen LogP contribution < -0.4 is 0 Å². The number of carboxylic acid groups (broad SMARTS) is 1. The van der Waals surface area contributed by atoms with E-state index in [2.05, 4.69) is 0 Å². The molecule has 2 unspecified atom stereocenters. The molecule has 7 heteroatoms. The van der Waals surface area contributed by atoms with E-state index in [1.54, 1.807) is 20.8 Å². The highest BCUT2D eigenvalue weighted by Crippen LogP contribution is 2.25. The summed E-state index contributed by atoms with van der Waals surface area (Å²) in [5.74, 6) is -0.977. The maximum atomic E-state index is 11.3. The average molecular weight is 289 g/mol. The Morgan fingerprint density at radius 2 is 2.15 bits per heavy atom. The minimum atomic E-state index is -1.25. The Hall–Kier alpha value is -0.730. The van der Waals surface area contributed by atoms with Gasteiger partial charge in [0.1, 0.15) is 12.1 Å². The first-order valence-electron chi connectivity index (χ1n) is 6.84. The van der Waals surface area contributed by atoms with Crippen LogP contribution in [-0.2, 0) is 19.0 Å². The van der Waals surface area contributed by atoms with Crippen molar-refractivity contribution in [3.05, 3.63) is 0 Å². The van der Waals surface area contributed by atoms with Gasteiger partial charge < -0.3 is 24.4 Å². The molecule has 0 aromatic heterocycles. The van der Waals surface area contributed by atoms with Crippen LogP contribution in [-0.4, -0.2) is 71.1 Å². The third-order valence-electron chi connectivity index (χ3n) is 3.25. The fourth-order valence-electron chi connectivity index (χ4n) is 2.22. The number of aliphatic hydroxyl groups excluding tert-OH is 1. The Balaban J connectivity index is 1.91. The standard InChI is InChI=1S/C13H23NO6/c1-13(2,3)20-12(17)14-5-8(4-10(14)11(15)16)18-6-9-7-19-9/h8-10,12,17H,4-7H2,1-3H3,(H,15,16)/t8-,9?,10-,12?/m1/s1. The Labute approximate surface area is 118 Å². The minimum Gasteiger partial charge on any atom is -0.480 e. The number of rotatable bonds is 6. The number of epoxide rings is 1. The number of carboxylic acids is 1. The molecule has 116 valence electrons. The van der Waals surface area contributed by atoms with Crippen molar-refractivity contribution >= 4 is 5.97 Å². The van der Waals surface area contributed by atoms with Crippen molar-refractivity contribution in [1.29, 1.82) is 0 Å². The van der Waals surface area contributed by atoms with E-state index in [-0.39, 0.29) is 12.2 Å². The summed E-state index contributed by atoms with van der Waals surface area (Å²) in [5, 5.41) is 19.3. The molecule has 2 fully saturated rings. The van der Waals surface area contributed by atoms with E-state index in [0.29, 0.717) is 26.2 Å². The topological polar surface area (TPSA) is 91.8 Å². The summed E-state index contributed by atoms with van der Waals surface area (Å²) >= 11 is 0. The molecule has 2 aliphatic heterocycles. The third kappa shape index (κ3) is 4.39. The van der Waals surface area contributed by atoms with Crippen LogP contribution in [0.25, 0.3) is 0 Å². The van der Waals surface area contributed by atoms with Gasteiger partial charge in [-0.3, -0.25) is 4.79 Å². The summed E-state index contributed by atoms with van der Waals surface area (Å²) in [5.41, 5.74) is -0.552. The lowest BCUT2D eigenvalue weighted by Crippen LogP contribution is -2.47. The van der Waals surface area contributed by atoms with Crippen LogP contribution in [0.1, 0.15) is 27.2 Å². The Bertz CT molecular complexity index is 351. The van der Waals surface area contributed by atoms with E-state index in [1.807, 2.05) is 0 Å². The third-order valence-corrected chi connectivity index (χ3v) is 3.25. The van der Waals surface area contributed by atoms with Crippen molar-refractivity contribution in [3.63, 3.8) is 0 Å². The second-order valence-corrected chi connectivity index (χ2v) is 6.25. The molecule has 0 aliphatic carbocycles. The van der Waals surface area contributed by atoms with Crippen molar-refractivity contribution in [2.45, 2.75) is 57.5 Å². The van der Waals surface area contributed by atoms with Crippen LogP contribution >= 0.6 is 0 Å². The van der Waals surface area contributed by atoms with Gasteiger partial charge >= 0.3 is 5.97 Å². The molecule has 2 heterocycles. The maximum absolute atomic E-state index is 11.3. The van der Waals surface area contributed by atoms with Crippen LogP contribution in [0.3, 0.4) is 0 Å². The highest BCUT2D eigenvalue weighted by atomic mass is 16.6. The van der Waals surface area contributed by atoms with Gasteiger partial charge in [0.2, 0.25) is 6.41 Å². The molecule has 0 radical (unpaired) electrons. The quantitative estimate of drug-likeness (QED) is 0.526. The van der Waals surface area contributed by atoms with Gasteiger partial charge in [0, 0.05) is 13.0 Å². The monoisotopic (exact) mass is 289 g/mol. The number of carbonyl (C=O) groups is 1. The smallest absolute Gasteiger partial charge is 0.321 e. The van der Waals surface area contributed by atoms with Gasteiger partial charge in [-0.2, -0.15) is 0 Å². The Morgan fingerprint density at radius 3 is 2.65 bits per heavy atom. The van der Waals surface area contributed by atoms with E-state index < -0.39 is 24.0 Å². The van der Waals surface area contributed by atoms with Gasteiger partial charge in [0.05, 0.1) is 24.9 Å². The van der Waals surface area contributed by atoms with Crippen LogP contribution in [0.2, 0.25) is 0 Å². The molecule has 2 saturated heterocycles. The first-order valence-corrected chi connectivity index (χ1v) is 6.84. The number of hydrogen-bond donors (Lipinski definition) is 2. The number of aliphatic hydroxyl groups is 1. The van der Waals surface area contributed by atoms with E-state index in [4.69, 9.17) is 14.2 Å². The minimum absolute atomic E-state index is 0.142. The van der Waals surface area contributed by atoms with Crippen LogP contribution in [0, 0.1) is 0 Å². The van der Waals surface area contributed by atoms with Gasteiger partial charge in [-0.25, -0.2) is 4.90 Å². The molecule has 4 atom stereocenters. The number of hydrogen-bond acceptors (Lipinski definition) is 6. The van der Waals surface area contributed by atoms with E-state index in [9.17, 15) is 15.0 Å². The van der Waals surface area contributed by atoms with Crippen LogP contribution in [0.5, 0.6) is 0 Å². The Morgan fingerprint density at radius 1 is 1.50 bits per heavy atom. The number of likely N-dealkylation sites (tertiary alicyclic amines) is 1. The summed E-state index contributed by atoms with van der Waals surface area (Å²) < 4.78 is 16.1. The average Bonchev–Trinajstić information content (AvgIpc) is 3.02. The highest BCUT2D eigenvalue weighted by molar-refractivity contribution is 5.74. The number of aliphatic carboxylic acids is 1. The molecule has 0 amide bonds. The van der Waals surface area contributed by atoms with Gasteiger partial charge in [-0.05, 0) is 20.8 Å². The predicted molar refractivity (Wildman–Crippen MR) is 69.1 cm³/mol. The van der Waals surface area contributed by atoms with Crippen molar-refractivity contribution in [2.75, 3.05) is 19.8 Å². The second-order valence-electron chi connectivity index (χ2n) is 6.25. The molecular weight excluding hydrogens is 266 g/mol. The van der Waals surface area contributed by atoms with Crippen molar-refractivity contribution < 1.29 is 29.2 Å². The number of nitrogens with zero attached hydrogens (tertiary/aromatic N) is 1. The molecule has 0 saturated carbocycles. The molecule has 0 spiro atoms. The lowest BCUT2D eigenvalue weighted by molar-refractivity contribution is -0.244. The van der Waals surface area contributed by atoms with Gasteiger partial charge in [-0.15, -0.1) is 0 Å². The molecular formula is C13H23NO6. The predicted octanol–water partition coefficient (Wildman–Crippen LogP) is 0.0203. The SMILES string of the molecule is CC(C)(C)OC(O)N1C[C@H](OCC2CO2)C[C@@H]1C(=O)O. The zero-order valence-corrected chi connectivity index (χ0v) is 12.1. The molecule has 2 rings (SSSR count). The summed E-state index contributed by atoms with van der Waals surface area (Å²) in [6.45, 7) is 6.93. The van der Waals surface area contributed by atoms with Gasteiger partial charge in [-0.1, -0.05) is 0 Å². The molecule has 0 bridgehead atoms. The van der Waals surface area contributed by atoms with Crippen molar-refractivity contribution in [3.8, 4) is 0 Å². The highest BCUT2D eigenvalue weighted by Gasteiger charge is 2.42.